The topological polar surface area (TPSA) is 50.4 Å². The van der Waals surface area contributed by atoms with Gasteiger partial charge in [-0.3, -0.25) is 4.79 Å². The third-order valence-corrected chi connectivity index (χ3v) is 2.79. The van der Waals surface area contributed by atoms with E-state index in [0.717, 1.165) is 11.3 Å². The number of ether oxygens (including phenoxy) is 1. The summed E-state index contributed by atoms with van der Waals surface area (Å²) in [5.41, 5.74) is 2.25. The Kier molecular flexibility index (Phi) is 5.65. The van der Waals surface area contributed by atoms with E-state index in [1.165, 1.54) is 5.56 Å². The Hall–Kier alpha value is -1.55. The first kappa shape index (κ1) is 14.5. The highest BCUT2D eigenvalue weighted by atomic mass is 16.5. The molecule has 18 heavy (non-hydrogen) atoms. The van der Waals surface area contributed by atoms with Gasteiger partial charge in [-0.25, -0.2) is 0 Å². The number of carbonyl (C=O) groups excluding carboxylic acids is 1. The zero-order valence-electron chi connectivity index (χ0n) is 11.5. The van der Waals surface area contributed by atoms with E-state index in [1.807, 2.05) is 32.9 Å². The van der Waals surface area contributed by atoms with E-state index in [1.54, 1.807) is 7.11 Å². The molecule has 0 spiro atoms. The molecule has 0 aliphatic heterocycles. The summed E-state index contributed by atoms with van der Waals surface area (Å²) in [6, 6.07) is 6.12. The molecule has 0 heterocycles. The minimum atomic E-state index is 0.0102. The quantitative estimate of drug-likeness (QED) is 0.809. The molecule has 1 unspecified atom stereocenters. The Morgan fingerprint density at radius 1 is 1.44 bits per heavy atom. The average Bonchev–Trinajstić information content (AvgIpc) is 2.36. The molecule has 1 atom stereocenters. The van der Waals surface area contributed by atoms with E-state index < -0.39 is 0 Å². The number of benzene rings is 1. The standard InChI is InChI=1S/C14H22N2O2/c1-5-15-14(17)9-16-11(3)12-8-10(2)6-7-13(12)18-4/h6-8,11,16H,5,9H2,1-4H3,(H,15,17). The van der Waals surface area contributed by atoms with E-state index in [0.29, 0.717) is 13.1 Å². The van der Waals surface area contributed by atoms with Gasteiger partial charge < -0.3 is 15.4 Å². The summed E-state index contributed by atoms with van der Waals surface area (Å²) in [7, 11) is 1.66. The Bertz CT molecular complexity index is 405. The number of nitrogens with one attached hydrogen (secondary N) is 2. The number of hydrogen-bond acceptors (Lipinski definition) is 3. The van der Waals surface area contributed by atoms with Crippen molar-refractivity contribution in [2.45, 2.75) is 26.8 Å². The molecule has 1 amide bonds. The van der Waals surface area contributed by atoms with Crippen LogP contribution in [0.4, 0.5) is 0 Å². The van der Waals surface area contributed by atoms with Crippen LogP contribution in [0.1, 0.15) is 31.0 Å². The number of amides is 1. The lowest BCUT2D eigenvalue weighted by Gasteiger charge is -2.17. The third-order valence-electron chi connectivity index (χ3n) is 2.79. The van der Waals surface area contributed by atoms with Gasteiger partial charge in [0, 0.05) is 18.2 Å². The van der Waals surface area contributed by atoms with Gasteiger partial charge in [-0.1, -0.05) is 17.7 Å². The highest BCUT2D eigenvalue weighted by molar-refractivity contribution is 5.77. The number of aryl methyl sites for hydroxylation is 1. The van der Waals surface area contributed by atoms with Crippen LogP contribution >= 0.6 is 0 Å². The predicted molar refractivity (Wildman–Crippen MR) is 72.8 cm³/mol. The summed E-state index contributed by atoms with van der Waals surface area (Å²) in [6.07, 6.45) is 0. The van der Waals surface area contributed by atoms with Crippen molar-refractivity contribution in [1.82, 2.24) is 10.6 Å². The van der Waals surface area contributed by atoms with Crippen LogP contribution in [-0.4, -0.2) is 26.1 Å². The zero-order chi connectivity index (χ0) is 13.5. The molecule has 4 nitrogen and oxygen atoms in total. The molecular formula is C14H22N2O2. The maximum atomic E-state index is 11.4. The fourth-order valence-corrected chi connectivity index (χ4v) is 1.81. The minimum Gasteiger partial charge on any atom is -0.496 e. The molecule has 2 N–H and O–H groups in total. The van der Waals surface area contributed by atoms with E-state index in [-0.39, 0.29) is 11.9 Å². The molecule has 4 heteroatoms. The van der Waals surface area contributed by atoms with E-state index in [9.17, 15) is 4.79 Å². The third kappa shape index (κ3) is 4.04. The van der Waals surface area contributed by atoms with Gasteiger partial charge in [-0.15, -0.1) is 0 Å². The summed E-state index contributed by atoms with van der Waals surface area (Å²) < 4.78 is 5.34. The summed E-state index contributed by atoms with van der Waals surface area (Å²) in [6.45, 7) is 6.94. The van der Waals surface area contributed by atoms with Gasteiger partial charge in [-0.05, 0) is 26.8 Å². The largest absolute Gasteiger partial charge is 0.496 e. The summed E-state index contributed by atoms with van der Waals surface area (Å²) >= 11 is 0. The van der Waals surface area contributed by atoms with Crippen LogP contribution in [0.15, 0.2) is 18.2 Å². The van der Waals surface area contributed by atoms with Gasteiger partial charge in [0.25, 0.3) is 0 Å². The van der Waals surface area contributed by atoms with Gasteiger partial charge in [0.05, 0.1) is 13.7 Å². The zero-order valence-corrected chi connectivity index (χ0v) is 11.5. The van der Waals surface area contributed by atoms with Gasteiger partial charge in [0.15, 0.2) is 0 Å². The molecule has 1 aromatic carbocycles. The van der Waals surface area contributed by atoms with E-state index in [2.05, 4.69) is 16.7 Å². The van der Waals surface area contributed by atoms with Crippen LogP contribution in [0.3, 0.4) is 0 Å². The van der Waals surface area contributed by atoms with Crippen molar-refractivity contribution < 1.29 is 9.53 Å². The van der Waals surface area contributed by atoms with Crippen molar-refractivity contribution in [2.24, 2.45) is 0 Å². The second-order valence-corrected chi connectivity index (χ2v) is 4.30. The summed E-state index contributed by atoms with van der Waals surface area (Å²) in [5, 5.41) is 5.95. The van der Waals surface area contributed by atoms with Crippen molar-refractivity contribution in [3.05, 3.63) is 29.3 Å². The fourth-order valence-electron chi connectivity index (χ4n) is 1.81. The second-order valence-electron chi connectivity index (χ2n) is 4.30. The molecule has 0 saturated heterocycles. The molecule has 0 radical (unpaired) electrons. The number of carbonyl (C=O) groups is 1. The highest BCUT2D eigenvalue weighted by Gasteiger charge is 2.12. The molecule has 0 aliphatic carbocycles. The van der Waals surface area contributed by atoms with Crippen LogP contribution < -0.4 is 15.4 Å². The van der Waals surface area contributed by atoms with Crippen LogP contribution in [0.5, 0.6) is 5.75 Å². The summed E-state index contributed by atoms with van der Waals surface area (Å²) in [5.74, 6) is 0.854. The number of rotatable bonds is 6. The monoisotopic (exact) mass is 250 g/mol. The molecule has 0 aliphatic rings. The number of likely N-dealkylation sites (N-methyl/N-ethyl adjacent to an activating group) is 1. The van der Waals surface area contributed by atoms with Crippen LogP contribution in [0.25, 0.3) is 0 Å². The SMILES string of the molecule is CCNC(=O)CNC(C)c1cc(C)ccc1OC. The maximum absolute atomic E-state index is 11.4. The molecule has 0 fully saturated rings. The van der Waals surface area contributed by atoms with Crippen LogP contribution in [0.2, 0.25) is 0 Å². The first-order chi connectivity index (χ1) is 8.58. The Morgan fingerprint density at radius 2 is 2.17 bits per heavy atom. The summed E-state index contributed by atoms with van der Waals surface area (Å²) in [4.78, 5) is 11.4. The van der Waals surface area contributed by atoms with Gasteiger partial charge >= 0.3 is 0 Å². The lowest BCUT2D eigenvalue weighted by atomic mass is 10.0. The van der Waals surface area contributed by atoms with Crippen molar-refractivity contribution in [2.75, 3.05) is 20.2 Å². The van der Waals surface area contributed by atoms with E-state index >= 15 is 0 Å². The molecular weight excluding hydrogens is 228 g/mol. The van der Waals surface area contributed by atoms with Gasteiger partial charge in [0.1, 0.15) is 5.75 Å². The van der Waals surface area contributed by atoms with Gasteiger partial charge in [-0.2, -0.15) is 0 Å². The molecule has 100 valence electrons. The minimum absolute atomic E-state index is 0.0102. The van der Waals surface area contributed by atoms with Crippen LogP contribution in [-0.2, 0) is 4.79 Å². The first-order valence-electron chi connectivity index (χ1n) is 6.23. The second kappa shape index (κ2) is 7.01. The first-order valence-corrected chi connectivity index (χ1v) is 6.23. The Balaban J connectivity index is 2.68. The van der Waals surface area contributed by atoms with Crippen molar-refractivity contribution in [1.29, 1.82) is 0 Å². The Morgan fingerprint density at radius 3 is 2.78 bits per heavy atom. The Labute approximate surface area is 109 Å². The van der Waals surface area contributed by atoms with Crippen LogP contribution in [0, 0.1) is 6.92 Å². The smallest absolute Gasteiger partial charge is 0.233 e. The molecule has 0 bridgehead atoms. The fraction of sp³-hybridized carbons (Fsp3) is 0.500. The maximum Gasteiger partial charge on any atom is 0.233 e. The molecule has 0 saturated carbocycles. The van der Waals surface area contributed by atoms with Crippen molar-refractivity contribution in [3.8, 4) is 5.75 Å². The molecule has 1 aromatic rings. The molecule has 0 aromatic heterocycles. The highest BCUT2D eigenvalue weighted by Crippen LogP contribution is 2.25. The van der Waals surface area contributed by atoms with Crippen molar-refractivity contribution in [3.63, 3.8) is 0 Å². The van der Waals surface area contributed by atoms with Gasteiger partial charge in [0.2, 0.25) is 5.91 Å². The van der Waals surface area contributed by atoms with Crippen molar-refractivity contribution >= 4 is 5.91 Å². The normalized spacial score (nSPS) is 12.0. The molecule has 1 rings (SSSR count). The lowest BCUT2D eigenvalue weighted by molar-refractivity contribution is -0.120. The number of methoxy groups -OCH3 is 1. The average molecular weight is 250 g/mol. The number of hydrogen-bond donors (Lipinski definition) is 2. The predicted octanol–water partition coefficient (Wildman–Crippen LogP) is 1.79. The van der Waals surface area contributed by atoms with E-state index in [4.69, 9.17) is 4.74 Å². The lowest BCUT2D eigenvalue weighted by Crippen LogP contribution is -2.34.